The van der Waals surface area contributed by atoms with Gasteiger partial charge in [-0.3, -0.25) is 4.79 Å². The van der Waals surface area contributed by atoms with Crippen LogP contribution in [-0.4, -0.2) is 31.5 Å². The normalized spacial score (nSPS) is 11.8. The number of nitrogens with one attached hydrogen (secondary N) is 2. The second-order valence-electron chi connectivity index (χ2n) is 9.45. The van der Waals surface area contributed by atoms with Crippen molar-refractivity contribution in [2.45, 2.75) is 12.5 Å². The molecule has 38 heavy (non-hydrogen) atoms. The lowest BCUT2D eigenvalue weighted by atomic mass is 9.90. The van der Waals surface area contributed by atoms with E-state index in [-0.39, 0.29) is 24.2 Å². The lowest BCUT2D eigenvalue weighted by molar-refractivity contribution is 0.0948. The topological polar surface area (TPSA) is 57.4 Å². The number of carbonyl (C=O) groups is 1. The highest BCUT2D eigenvalue weighted by molar-refractivity contribution is 5.97. The van der Waals surface area contributed by atoms with E-state index in [1.165, 1.54) is 12.1 Å². The summed E-state index contributed by atoms with van der Waals surface area (Å²) in [6.45, 7) is 0.648. The Labute approximate surface area is 221 Å². The number of hydrogen-bond acceptors (Lipinski definition) is 3. The van der Waals surface area contributed by atoms with Gasteiger partial charge in [-0.1, -0.05) is 54.6 Å². The van der Waals surface area contributed by atoms with Gasteiger partial charge in [0.2, 0.25) is 0 Å². The van der Waals surface area contributed by atoms with E-state index in [0.29, 0.717) is 17.9 Å². The Morgan fingerprint density at radius 1 is 0.921 bits per heavy atom. The number of halogens is 1. The van der Waals surface area contributed by atoms with Gasteiger partial charge in [-0.15, -0.1) is 0 Å². The quantitative estimate of drug-likeness (QED) is 0.239. The molecule has 0 saturated carbocycles. The van der Waals surface area contributed by atoms with Gasteiger partial charge in [0.1, 0.15) is 18.2 Å². The molecule has 1 unspecified atom stereocenters. The summed E-state index contributed by atoms with van der Waals surface area (Å²) in [5.41, 5.74) is 5.68. The molecule has 0 bridgehead atoms. The van der Waals surface area contributed by atoms with Crippen molar-refractivity contribution in [1.82, 2.24) is 10.3 Å². The number of hydrogen-bond donors (Lipinski definition) is 2. The van der Waals surface area contributed by atoms with Crippen molar-refractivity contribution in [3.63, 3.8) is 0 Å². The second kappa shape index (κ2) is 11.2. The van der Waals surface area contributed by atoms with Crippen molar-refractivity contribution >= 4 is 22.5 Å². The molecule has 5 nitrogen and oxygen atoms in total. The first-order valence-corrected chi connectivity index (χ1v) is 12.6. The van der Waals surface area contributed by atoms with E-state index < -0.39 is 0 Å². The maximum absolute atomic E-state index is 13.4. The van der Waals surface area contributed by atoms with E-state index in [1.54, 1.807) is 24.3 Å². The van der Waals surface area contributed by atoms with Gasteiger partial charge in [-0.25, -0.2) is 4.39 Å². The number of aromatic amines is 1. The van der Waals surface area contributed by atoms with E-state index >= 15 is 0 Å². The van der Waals surface area contributed by atoms with Gasteiger partial charge < -0.3 is 19.9 Å². The Bertz CT molecular complexity index is 1520. The molecule has 5 rings (SSSR count). The van der Waals surface area contributed by atoms with Crippen LogP contribution in [0, 0.1) is 5.82 Å². The molecule has 4 aromatic carbocycles. The molecule has 0 spiro atoms. The second-order valence-corrected chi connectivity index (χ2v) is 9.45. The number of H-pyrrole nitrogens is 1. The molecule has 1 amide bonds. The van der Waals surface area contributed by atoms with Gasteiger partial charge >= 0.3 is 0 Å². The summed E-state index contributed by atoms with van der Waals surface area (Å²) in [4.78, 5) is 18.8. The van der Waals surface area contributed by atoms with E-state index in [0.717, 1.165) is 33.3 Å². The molecule has 0 aliphatic heterocycles. The van der Waals surface area contributed by atoms with E-state index in [9.17, 15) is 9.18 Å². The third-order valence-electron chi connectivity index (χ3n) is 6.71. The Balaban J connectivity index is 1.37. The number of carbonyl (C=O) groups excluding carboxylic acids is 1. The first-order chi connectivity index (χ1) is 18.5. The molecular weight excluding hydrogens is 477 g/mol. The minimum absolute atomic E-state index is 0.0568. The molecule has 1 atom stereocenters. The highest BCUT2D eigenvalue weighted by atomic mass is 19.1. The maximum atomic E-state index is 13.4. The van der Waals surface area contributed by atoms with Crippen molar-refractivity contribution in [3.8, 4) is 5.75 Å². The summed E-state index contributed by atoms with van der Waals surface area (Å²) in [6, 6.07) is 29.9. The summed E-state index contributed by atoms with van der Waals surface area (Å²) in [6.07, 6.45) is 2.03. The van der Waals surface area contributed by atoms with E-state index in [2.05, 4.69) is 51.6 Å². The Kier molecular flexibility index (Phi) is 7.40. The molecule has 0 aliphatic carbocycles. The van der Waals surface area contributed by atoms with Gasteiger partial charge in [-0.05, 0) is 59.2 Å². The minimum Gasteiger partial charge on any atom is -0.488 e. The molecule has 0 fully saturated rings. The van der Waals surface area contributed by atoms with Crippen LogP contribution in [0.2, 0.25) is 0 Å². The van der Waals surface area contributed by atoms with Crippen molar-refractivity contribution in [2.24, 2.45) is 0 Å². The Morgan fingerprint density at radius 2 is 1.63 bits per heavy atom. The SMILES string of the molecule is CN(C)c1ccc(C(CNC(=O)c2ccccc2OCc2ccc(F)cc2)c2c[nH]c3ccccc23)cc1. The summed E-state index contributed by atoms with van der Waals surface area (Å²) in [7, 11) is 4.03. The average Bonchev–Trinajstić information content (AvgIpc) is 3.37. The zero-order valence-corrected chi connectivity index (χ0v) is 21.4. The zero-order valence-electron chi connectivity index (χ0n) is 21.4. The number of nitrogens with zero attached hydrogens (tertiary/aromatic N) is 1. The fourth-order valence-electron chi connectivity index (χ4n) is 4.61. The molecule has 2 N–H and O–H groups in total. The van der Waals surface area contributed by atoms with E-state index in [1.807, 2.05) is 44.6 Å². The number of anilines is 1. The number of ether oxygens (including phenoxy) is 1. The molecule has 0 saturated heterocycles. The summed E-state index contributed by atoms with van der Waals surface area (Å²) < 4.78 is 19.2. The molecule has 0 aliphatic rings. The highest BCUT2D eigenvalue weighted by Gasteiger charge is 2.21. The van der Waals surface area contributed by atoms with Crippen LogP contribution in [0.15, 0.2) is 103 Å². The number of amides is 1. The van der Waals surface area contributed by atoms with Crippen LogP contribution < -0.4 is 15.0 Å². The summed E-state index contributed by atoms with van der Waals surface area (Å²) >= 11 is 0. The number of rotatable bonds is 9. The fourth-order valence-corrected chi connectivity index (χ4v) is 4.61. The fraction of sp³-hybridized carbons (Fsp3) is 0.156. The molecule has 192 valence electrons. The lowest BCUT2D eigenvalue weighted by Gasteiger charge is -2.20. The van der Waals surface area contributed by atoms with Crippen molar-refractivity contribution < 1.29 is 13.9 Å². The molecular formula is C32H30FN3O2. The highest BCUT2D eigenvalue weighted by Crippen LogP contribution is 2.32. The number of benzene rings is 4. The van der Waals surface area contributed by atoms with Crippen LogP contribution >= 0.6 is 0 Å². The predicted molar refractivity (Wildman–Crippen MR) is 150 cm³/mol. The molecule has 1 aromatic heterocycles. The van der Waals surface area contributed by atoms with Gasteiger partial charge in [0, 0.05) is 49.3 Å². The van der Waals surface area contributed by atoms with Gasteiger partial charge in [0.15, 0.2) is 0 Å². The van der Waals surface area contributed by atoms with Gasteiger partial charge in [-0.2, -0.15) is 0 Å². The monoisotopic (exact) mass is 507 g/mol. The van der Waals surface area contributed by atoms with E-state index in [4.69, 9.17) is 4.74 Å². The van der Waals surface area contributed by atoms with Crippen molar-refractivity contribution in [2.75, 3.05) is 25.5 Å². The Morgan fingerprint density at radius 3 is 2.39 bits per heavy atom. The van der Waals surface area contributed by atoms with Crippen LogP contribution in [-0.2, 0) is 6.61 Å². The molecule has 5 aromatic rings. The van der Waals surface area contributed by atoms with Crippen LogP contribution in [0.1, 0.15) is 33.0 Å². The zero-order chi connectivity index (χ0) is 26.5. The third-order valence-corrected chi connectivity index (χ3v) is 6.71. The van der Waals surface area contributed by atoms with Crippen LogP contribution in [0.3, 0.4) is 0 Å². The number of aromatic nitrogens is 1. The van der Waals surface area contributed by atoms with Crippen molar-refractivity contribution in [3.05, 3.63) is 131 Å². The van der Waals surface area contributed by atoms with Gasteiger partial charge in [0.25, 0.3) is 5.91 Å². The lowest BCUT2D eigenvalue weighted by Crippen LogP contribution is -2.29. The first kappa shape index (κ1) is 25.1. The average molecular weight is 508 g/mol. The predicted octanol–water partition coefficient (Wildman–Crippen LogP) is 6.51. The van der Waals surface area contributed by atoms with Crippen LogP contribution in [0.25, 0.3) is 10.9 Å². The number of para-hydroxylation sites is 2. The Hall–Kier alpha value is -4.58. The maximum Gasteiger partial charge on any atom is 0.255 e. The largest absolute Gasteiger partial charge is 0.488 e. The van der Waals surface area contributed by atoms with Crippen molar-refractivity contribution in [1.29, 1.82) is 0 Å². The first-order valence-electron chi connectivity index (χ1n) is 12.6. The molecule has 0 radical (unpaired) electrons. The smallest absolute Gasteiger partial charge is 0.255 e. The summed E-state index contributed by atoms with van der Waals surface area (Å²) in [5.74, 6) is -0.0870. The van der Waals surface area contributed by atoms with Gasteiger partial charge in [0.05, 0.1) is 5.56 Å². The minimum atomic E-state index is -0.297. The number of fused-ring (bicyclic) bond motifs is 1. The van der Waals surface area contributed by atoms with Crippen LogP contribution in [0.4, 0.5) is 10.1 Å². The molecule has 1 heterocycles. The third kappa shape index (κ3) is 5.54. The standard InChI is InChI=1S/C32H30FN3O2/c1-36(2)25-17-13-23(14-18-25)28(29-20-34-30-9-5-3-7-26(29)30)19-35-32(37)27-8-4-6-10-31(27)38-21-22-11-15-24(33)16-12-22/h3-18,20,28,34H,19,21H2,1-2H3,(H,35,37). The summed E-state index contributed by atoms with van der Waals surface area (Å²) in [5, 5.41) is 4.27. The van der Waals surface area contributed by atoms with Crippen LogP contribution in [0.5, 0.6) is 5.75 Å². The molecule has 6 heteroatoms.